The average Bonchev–Trinajstić information content (AvgIpc) is 3.41. The minimum absolute atomic E-state index is 0.150. The lowest BCUT2D eigenvalue weighted by Crippen LogP contribution is -2.50. The van der Waals surface area contributed by atoms with Gasteiger partial charge in [-0.1, -0.05) is 45.0 Å². The second-order valence-corrected chi connectivity index (χ2v) is 16.2. The maximum absolute atomic E-state index is 13.1. The molecule has 2 unspecified atom stereocenters. The molecule has 0 saturated carbocycles. The summed E-state index contributed by atoms with van der Waals surface area (Å²) in [5.74, 6) is 1.30. The van der Waals surface area contributed by atoms with E-state index in [1.807, 2.05) is 37.8 Å². The van der Waals surface area contributed by atoms with E-state index in [-0.39, 0.29) is 11.3 Å². The van der Waals surface area contributed by atoms with Crippen LogP contribution in [0.2, 0.25) is 0 Å². The summed E-state index contributed by atoms with van der Waals surface area (Å²) in [5.41, 5.74) is 2.88. The fraction of sp³-hybridized carbons (Fsp3) is 0.588. The van der Waals surface area contributed by atoms with Crippen LogP contribution in [-0.2, 0) is 20.0 Å². The van der Waals surface area contributed by atoms with Gasteiger partial charge in [-0.3, -0.25) is 9.69 Å². The molecule has 226 valence electrons. The van der Waals surface area contributed by atoms with Crippen LogP contribution in [0.4, 0.5) is 0 Å². The van der Waals surface area contributed by atoms with Gasteiger partial charge in [0.05, 0.1) is 15.9 Å². The van der Waals surface area contributed by atoms with E-state index < -0.39 is 15.3 Å². The summed E-state index contributed by atoms with van der Waals surface area (Å²) in [5, 5.41) is 0. The number of carbonyl (C=O) groups excluding carboxylic acids is 1. The molecule has 2 bridgehead atoms. The molecule has 1 amide bonds. The third-order valence-electron chi connectivity index (χ3n) is 10.4. The number of carbonyl (C=O) groups is 1. The molecule has 42 heavy (non-hydrogen) atoms. The number of sulfone groups is 1. The Morgan fingerprint density at radius 1 is 0.976 bits per heavy atom. The molecule has 3 aliphatic heterocycles. The number of amides is 1. The van der Waals surface area contributed by atoms with E-state index in [0.717, 1.165) is 55.6 Å². The van der Waals surface area contributed by atoms with Crippen LogP contribution in [0.3, 0.4) is 0 Å². The summed E-state index contributed by atoms with van der Waals surface area (Å²) >= 11 is 0. The van der Waals surface area contributed by atoms with E-state index in [9.17, 15) is 13.2 Å². The Balaban J connectivity index is 1.23. The zero-order valence-corrected chi connectivity index (χ0v) is 26.7. The fourth-order valence-electron chi connectivity index (χ4n) is 8.14. The lowest BCUT2D eigenvalue weighted by molar-refractivity contribution is -0.141. The average molecular weight is 591 g/mol. The number of aryl methyl sites for hydroxylation is 1. The standard InChI is InChI=1S/C34H46N4O3S/c1-24-35-30-11-6-7-12-31(30)38(24)28-22-26-13-14-27(23-28)37(26)20-17-34(25-9-8-10-29(21-25)42(5,40)41)15-18-36(19-16-34)32(39)33(2,3)4/h6-12,21,26-28H,13-20,22-23H2,1-5H3/t26-,27?,28?/m1/s1. The highest BCUT2D eigenvalue weighted by molar-refractivity contribution is 7.90. The number of benzene rings is 2. The molecule has 1 aromatic heterocycles. The number of fused-ring (bicyclic) bond motifs is 3. The van der Waals surface area contributed by atoms with E-state index in [1.165, 1.54) is 24.6 Å². The van der Waals surface area contributed by atoms with E-state index in [0.29, 0.717) is 36.1 Å². The van der Waals surface area contributed by atoms with Crippen molar-refractivity contribution in [1.29, 1.82) is 0 Å². The highest BCUT2D eigenvalue weighted by Crippen LogP contribution is 2.45. The second-order valence-electron chi connectivity index (χ2n) is 14.1. The van der Waals surface area contributed by atoms with Crippen molar-refractivity contribution in [3.05, 3.63) is 59.9 Å². The van der Waals surface area contributed by atoms with Gasteiger partial charge in [0.2, 0.25) is 5.91 Å². The lowest BCUT2D eigenvalue weighted by Gasteiger charge is -2.46. The van der Waals surface area contributed by atoms with Crippen molar-refractivity contribution >= 4 is 26.8 Å². The Morgan fingerprint density at radius 3 is 2.29 bits per heavy atom. The Kier molecular flexibility index (Phi) is 7.53. The molecule has 3 aromatic rings. The quantitative estimate of drug-likeness (QED) is 0.357. The molecule has 6 rings (SSSR count). The minimum atomic E-state index is -3.31. The predicted molar refractivity (Wildman–Crippen MR) is 167 cm³/mol. The number of rotatable bonds is 6. The smallest absolute Gasteiger partial charge is 0.227 e. The summed E-state index contributed by atoms with van der Waals surface area (Å²) in [6.45, 7) is 10.5. The first-order valence-corrected chi connectivity index (χ1v) is 17.5. The molecule has 7 nitrogen and oxygen atoms in total. The van der Waals surface area contributed by atoms with Crippen LogP contribution < -0.4 is 0 Å². The number of para-hydroxylation sites is 2. The summed E-state index contributed by atoms with van der Waals surface area (Å²) < 4.78 is 27.5. The molecule has 3 saturated heterocycles. The lowest BCUT2D eigenvalue weighted by atomic mass is 9.70. The number of hydrogen-bond acceptors (Lipinski definition) is 5. The van der Waals surface area contributed by atoms with Crippen LogP contribution in [0.25, 0.3) is 11.0 Å². The zero-order chi connectivity index (χ0) is 29.9. The number of imidazole rings is 1. The Hall–Kier alpha value is -2.71. The first-order valence-electron chi connectivity index (χ1n) is 15.7. The minimum Gasteiger partial charge on any atom is -0.342 e. The molecular weight excluding hydrogens is 544 g/mol. The van der Waals surface area contributed by atoms with Crippen molar-refractivity contribution in [2.45, 2.75) is 101 Å². The Bertz CT molecular complexity index is 1570. The third-order valence-corrected chi connectivity index (χ3v) is 11.5. The highest BCUT2D eigenvalue weighted by atomic mass is 32.2. The first-order chi connectivity index (χ1) is 19.9. The van der Waals surface area contributed by atoms with Gasteiger partial charge in [0, 0.05) is 42.9 Å². The van der Waals surface area contributed by atoms with Gasteiger partial charge in [-0.15, -0.1) is 0 Å². The number of hydrogen-bond donors (Lipinski definition) is 0. The monoisotopic (exact) mass is 590 g/mol. The van der Waals surface area contributed by atoms with Crippen LogP contribution in [0, 0.1) is 12.3 Å². The SMILES string of the molecule is Cc1nc2ccccc2n1C1CC2CC[C@H](C1)N2CCC1(c2cccc(S(C)(=O)=O)c2)CCN(C(=O)C(C)(C)C)CC1. The van der Waals surface area contributed by atoms with Gasteiger partial charge in [-0.2, -0.15) is 0 Å². The largest absolute Gasteiger partial charge is 0.342 e. The molecule has 8 heteroatoms. The maximum atomic E-state index is 13.1. The highest BCUT2D eigenvalue weighted by Gasteiger charge is 2.44. The molecule has 3 fully saturated rings. The molecule has 3 atom stereocenters. The molecule has 2 aromatic carbocycles. The van der Waals surface area contributed by atoms with Gasteiger partial charge in [-0.25, -0.2) is 13.4 Å². The first kappa shape index (κ1) is 29.4. The maximum Gasteiger partial charge on any atom is 0.227 e. The summed E-state index contributed by atoms with van der Waals surface area (Å²) in [4.78, 5) is 23.1. The molecule has 0 spiro atoms. The van der Waals surface area contributed by atoms with Crippen LogP contribution in [-0.4, -0.2) is 71.6 Å². The van der Waals surface area contributed by atoms with Crippen molar-refractivity contribution in [3.8, 4) is 0 Å². The number of piperidine rings is 2. The topological polar surface area (TPSA) is 75.5 Å². The van der Waals surface area contributed by atoms with Crippen LogP contribution in [0.15, 0.2) is 53.4 Å². The van der Waals surface area contributed by atoms with Gasteiger partial charge in [0.25, 0.3) is 0 Å². The van der Waals surface area contributed by atoms with Gasteiger partial charge < -0.3 is 9.47 Å². The predicted octanol–water partition coefficient (Wildman–Crippen LogP) is 5.91. The normalized spacial score (nSPS) is 24.8. The van der Waals surface area contributed by atoms with E-state index in [4.69, 9.17) is 4.98 Å². The molecule has 3 aliphatic rings. The Morgan fingerprint density at radius 2 is 1.64 bits per heavy atom. The number of likely N-dealkylation sites (tertiary alicyclic amines) is 1. The summed E-state index contributed by atoms with van der Waals surface area (Å²) in [6.07, 6.45) is 8.72. The van der Waals surface area contributed by atoms with Crippen molar-refractivity contribution in [3.63, 3.8) is 0 Å². The van der Waals surface area contributed by atoms with E-state index in [1.54, 1.807) is 6.07 Å². The number of aromatic nitrogens is 2. The van der Waals surface area contributed by atoms with E-state index >= 15 is 0 Å². The van der Waals surface area contributed by atoms with Gasteiger partial charge in [0.15, 0.2) is 9.84 Å². The molecule has 4 heterocycles. The van der Waals surface area contributed by atoms with Crippen molar-refractivity contribution in [2.24, 2.45) is 5.41 Å². The summed E-state index contributed by atoms with van der Waals surface area (Å²) in [7, 11) is -3.31. The zero-order valence-electron chi connectivity index (χ0n) is 25.8. The van der Waals surface area contributed by atoms with Crippen LogP contribution >= 0.6 is 0 Å². The third kappa shape index (κ3) is 5.41. The molecule has 0 aliphatic carbocycles. The van der Waals surface area contributed by atoms with Crippen molar-refractivity contribution in [2.75, 3.05) is 25.9 Å². The van der Waals surface area contributed by atoms with Crippen molar-refractivity contribution < 1.29 is 13.2 Å². The van der Waals surface area contributed by atoms with Crippen LogP contribution in [0.5, 0.6) is 0 Å². The van der Waals surface area contributed by atoms with Gasteiger partial charge in [0.1, 0.15) is 5.82 Å². The van der Waals surface area contributed by atoms with E-state index in [2.05, 4.69) is 46.7 Å². The molecule has 0 N–H and O–H groups in total. The summed E-state index contributed by atoms with van der Waals surface area (Å²) in [6, 6.07) is 17.7. The molecule has 0 radical (unpaired) electrons. The van der Waals surface area contributed by atoms with Crippen LogP contribution in [0.1, 0.15) is 83.1 Å². The van der Waals surface area contributed by atoms with Crippen molar-refractivity contribution in [1.82, 2.24) is 19.4 Å². The van der Waals surface area contributed by atoms with Gasteiger partial charge >= 0.3 is 0 Å². The fourth-order valence-corrected chi connectivity index (χ4v) is 8.81. The van der Waals surface area contributed by atoms with Gasteiger partial charge in [-0.05, 0) is 93.7 Å². The molecular formula is C34H46N4O3S. The number of nitrogens with zero attached hydrogens (tertiary/aromatic N) is 4. The Labute approximate surface area is 251 Å². The second kappa shape index (κ2) is 10.8.